The molecule has 138 valence electrons. The largest absolute Gasteiger partial charge is 0.254 e. The zero-order chi connectivity index (χ0) is 19.3. The molecule has 3 heterocycles. The Hall–Kier alpha value is -1.84. The zero-order valence-corrected chi connectivity index (χ0v) is 18.0. The van der Waals surface area contributed by atoms with E-state index >= 15 is 0 Å². The Kier molecular flexibility index (Phi) is 6.33. The first-order valence-corrected chi connectivity index (χ1v) is 12.2. The average Bonchev–Trinajstić information content (AvgIpc) is 3.27. The second kappa shape index (κ2) is 9.11. The summed E-state index contributed by atoms with van der Waals surface area (Å²) in [7, 11) is 0. The van der Waals surface area contributed by atoms with E-state index < -0.39 is 0 Å². The first kappa shape index (κ1) is 19.5. The lowest BCUT2D eigenvalue weighted by molar-refractivity contribution is 1.24. The lowest BCUT2D eigenvalue weighted by atomic mass is 10.1. The van der Waals surface area contributed by atoms with E-state index in [1.165, 1.54) is 18.3 Å². The second-order valence-corrected chi connectivity index (χ2v) is 10.8. The summed E-state index contributed by atoms with van der Waals surface area (Å²) >= 11 is 7.00. The molecule has 0 N–H and O–H groups in total. The number of fused-ring (bicyclic) bond motifs is 3. The van der Waals surface area contributed by atoms with Crippen LogP contribution in [0.3, 0.4) is 0 Å². The fourth-order valence-electron chi connectivity index (χ4n) is 2.89. The Morgan fingerprint density at radius 3 is 1.79 bits per heavy atom. The monoisotopic (exact) mass is 438 g/mol. The second-order valence-electron chi connectivity index (χ2n) is 5.75. The van der Waals surface area contributed by atoms with Crippen LogP contribution in [0.15, 0.2) is 49.4 Å². The summed E-state index contributed by atoms with van der Waals surface area (Å²) in [6.45, 7) is 0. The van der Waals surface area contributed by atoms with Crippen LogP contribution in [-0.4, -0.2) is 21.5 Å². The van der Waals surface area contributed by atoms with E-state index in [0.717, 1.165) is 34.0 Å². The molecule has 1 aliphatic carbocycles. The molecule has 0 atom stereocenters. The van der Waals surface area contributed by atoms with Crippen molar-refractivity contribution >= 4 is 52.6 Å². The quantitative estimate of drug-likeness (QED) is 0.429. The van der Waals surface area contributed by atoms with Gasteiger partial charge in [0.2, 0.25) is 0 Å². The van der Waals surface area contributed by atoms with Crippen LogP contribution in [-0.2, 0) is 0 Å². The van der Waals surface area contributed by atoms with Crippen molar-refractivity contribution in [2.45, 2.75) is 12.8 Å². The molecular weight excluding hydrogens is 425 g/mol. The molecule has 0 fully saturated rings. The Morgan fingerprint density at radius 1 is 0.821 bits per heavy atom. The topological polar surface area (TPSA) is 73.4 Å². The van der Waals surface area contributed by atoms with Crippen LogP contribution in [0.2, 0.25) is 0 Å². The van der Waals surface area contributed by atoms with Gasteiger partial charge in [-0.2, -0.15) is 10.5 Å². The first-order chi connectivity index (χ1) is 13.8. The molecule has 1 aliphatic heterocycles. The van der Waals surface area contributed by atoms with Crippen molar-refractivity contribution in [1.82, 2.24) is 9.97 Å². The molecule has 4 nitrogen and oxygen atoms in total. The van der Waals surface area contributed by atoms with Crippen molar-refractivity contribution in [2.75, 3.05) is 11.5 Å². The molecule has 0 saturated carbocycles. The minimum Gasteiger partial charge on any atom is -0.254 e. The Morgan fingerprint density at radius 2 is 1.32 bits per heavy atom. The molecule has 2 aromatic heterocycles. The molecule has 2 aliphatic rings. The molecule has 0 bridgehead atoms. The Labute approximate surface area is 180 Å². The van der Waals surface area contributed by atoms with Gasteiger partial charge in [-0.3, -0.25) is 9.97 Å². The van der Waals surface area contributed by atoms with Crippen molar-refractivity contribution in [3.63, 3.8) is 0 Å². The van der Waals surface area contributed by atoms with E-state index in [1.807, 2.05) is 24.5 Å². The van der Waals surface area contributed by atoms with Gasteiger partial charge >= 0.3 is 0 Å². The Bertz CT molecular complexity index is 981. The number of aromatic nitrogens is 2. The highest BCUT2D eigenvalue weighted by Gasteiger charge is 2.32. The third-order valence-corrected chi connectivity index (χ3v) is 9.55. The maximum absolute atomic E-state index is 8.87. The number of hydrogen-bond acceptors (Lipinski definition) is 8. The minimum atomic E-state index is 0.529. The van der Waals surface area contributed by atoms with Crippen LogP contribution in [0.4, 0.5) is 0 Å². The molecule has 0 radical (unpaired) electrons. The van der Waals surface area contributed by atoms with Gasteiger partial charge in [0.15, 0.2) is 0 Å². The summed E-state index contributed by atoms with van der Waals surface area (Å²) in [6, 6.07) is 12.6. The van der Waals surface area contributed by atoms with E-state index in [1.54, 1.807) is 47.0 Å². The lowest BCUT2D eigenvalue weighted by Crippen LogP contribution is -1.84. The molecule has 0 aromatic carbocycles. The molecule has 4 rings (SSSR count). The molecule has 28 heavy (non-hydrogen) atoms. The van der Waals surface area contributed by atoms with E-state index in [0.29, 0.717) is 12.8 Å². The van der Waals surface area contributed by atoms with E-state index in [9.17, 15) is 0 Å². The van der Waals surface area contributed by atoms with E-state index in [4.69, 9.17) is 10.5 Å². The van der Waals surface area contributed by atoms with Crippen molar-refractivity contribution in [3.05, 3.63) is 60.5 Å². The number of nitrogens with zero attached hydrogens (tertiary/aromatic N) is 4. The fourth-order valence-corrected chi connectivity index (χ4v) is 8.69. The van der Waals surface area contributed by atoms with Crippen molar-refractivity contribution < 1.29 is 0 Å². The van der Waals surface area contributed by atoms with E-state index in [-0.39, 0.29) is 0 Å². The maximum atomic E-state index is 8.87. The van der Waals surface area contributed by atoms with Crippen molar-refractivity contribution in [2.24, 2.45) is 0 Å². The van der Waals surface area contributed by atoms with Gasteiger partial charge in [-0.15, -0.1) is 23.5 Å². The van der Waals surface area contributed by atoms with Gasteiger partial charge in [-0.25, -0.2) is 0 Å². The minimum absolute atomic E-state index is 0.529. The molecule has 8 heteroatoms. The predicted molar refractivity (Wildman–Crippen MR) is 121 cm³/mol. The van der Waals surface area contributed by atoms with Gasteiger partial charge in [-0.05, 0) is 12.1 Å². The van der Waals surface area contributed by atoms with Gasteiger partial charge in [0, 0.05) is 53.4 Å². The highest BCUT2D eigenvalue weighted by atomic mass is 32.3. The van der Waals surface area contributed by atoms with Crippen LogP contribution >= 0.6 is 47.0 Å². The third-order valence-electron chi connectivity index (χ3n) is 4.01. The van der Waals surface area contributed by atoms with Crippen molar-refractivity contribution in [3.8, 4) is 23.5 Å². The standard InChI is InChI=1S/C20H14N4S4/c21-7-3-11-25-19-20(26-12-4-8-22)28-18(27-19)15-13-5-1-9-23-16(13)17-14(15)6-2-10-24-17/h1-2,5-6,9-10H,3-4,11-12H2. The molecule has 0 spiro atoms. The summed E-state index contributed by atoms with van der Waals surface area (Å²) in [5.74, 6) is 1.56. The molecule has 0 amide bonds. The summed E-state index contributed by atoms with van der Waals surface area (Å²) in [5.41, 5.74) is 5.30. The van der Waals surface area contributed by atoms with Crippen LogP contribution in [0.5, 0.6) is 0 Å². The number of hydrogen-bond donors (Lipinski definition) is 0. The fraction of sp³-hybridized carbons (Fsp3) is 0.200. The van der Waals surface area contributed by atoms with Gasteiger partial charge in [-0.1, -0.05) is 35.7 Å². The van der Waals surface area contributed by atoms with Crippen molar-refractivity contribution in [1.29, 1.82) is 10.5 Å². The Balaban J connectivity index is 1.70. The molecule has 0 unspecified atom stereocenters. The van der Waals surface area contributed by atoms with Gasteiger partial charge in [0.05, 0.1) is 36.2 Å². The summed E-state index contributed by atoms with van der Waals surface area (Å²) in [5, 5.41) is 17.7. The smallest absolute Gasteiger partial charge is 0.0971 e. The van der Waals surface area contributed by atoms with Crippen LogP contribution in [0.1, 0.15) is 24.0 Å². The number of thioether (sulfide) groups is 4. The zero-order valence-electron chi connectivity index (χ0n) is 14.7. The first-order valence-electron chi connectivity index (χ1n) is 8.58. The predicted octanol–water partition coefficient (Wildman–Crippen LogP) is 6.07. The van der Waals surface area contributed by atoms with Gasteiger partial charge in [0.25, 0.3) is 0 Å². The summed E-state index contributed by atoms with van der Waals surface area (Å²) in [4.78, 5) is 9.14. The highest BCUT2D eigenvalue weighted by Crippen LogP contribution is 2.61. The summed E-state index contributed by atoms with van der Waals surface area (Å²) < 4.78 is 3.68. The normalized spacial score (nSPS) is 14.6. The highest BCUT2D eigenvalue weighted by molar-refractivity contribution is 8.40. The third kappa shape index (κ3) is 3.83. The van der Waals surface area contributed by atoms with Crippen LogP contribution < -0.4 is 0 Å². The maximum Gasteiger partial charge on any atom is 0.0971 e. The van der Waals surface area contributed by atoms with Crippen LogP contribution in [0, 0.1) is 22.7 Å². The molecule has 2 aromatic rings. The molecule has 0 saturated heterocycles. The number of pyridine rings is 2. The molecular formula is C20H14N4S4. The average molecular weight is 439 g/mol. The number of rotatable bonds is 6. The van der Waals surface area contributed by atoms with Crippen LogP contribution in [0.25, 0.3) is 17.0 Å². The van der Waals surface area contributed by atoms with Gasteiger partial charge < -0.3 is 0 Å². The SMILES string of the molecule is N#CCCSC1=C(SCCC#N)SC(=C2c3cccnc3-c3ncccc32)S1. The van der Waals surface area contributed by atoms with E-state index in [2.05, 4.69) is 34.2 Å². The lowest BCUT2D eigenvalue weighted by Gasteiger charge is -2.06. The summed E-state index contributed by atoms with van der Waals surface area (Å²) in [6.07, 6.45) is 4.68. The number of nitriles is 2. The van der Waals surface area contributed by atoms with Gasteiger partial charge in [0.1, 0.15) is 0 Å².